The minimum absolute atomic E-state index is 0.111. The molecular weight excluding hydrogens is 409 g/mol. The topological polar surface area (TPSA) is 59.0 Å². The van der Waals surface area contributed by atoms with Gasteiger partial charge in [0.05, 0.1) is 5.69 Å². The first-order chi connectivity index (χ1) is 15.5. The molecule has 0 saturated carbocycles. The van der Waals surface area contributed by atoms with Crippen molar-refractivity contribution < 1.29 is 23.8 Å². The van der Waals surface area contributed by atoms with Crippen LogP contribution in [0, 0.1) is 5.82 Å². The summed E-state index contributed by atoms with van der Waals surface area (Å²) in [7, 11) is 0. The van der Waals surface area contributed by atoms with Gasteiger partial charge in [-0.25, -0.2) is 4.39 Å². The van der Waals surface area contributed by atoms with Gasteiger partial charge in [-0.2, -0.15) is 0 Å². The molecule has 1 N–H and O–H groups in total. The number of anilines is 1. The number of aliphatic hydroxyl groups is 1. The number of carbonyl (C=O) groups is 1. The Bertz CT molecular complexity index is 1180. The molecule has 164 valence electrons. The summed E-state index contributed by atoms with van der Waals surface area (Å²) in [6.45, 7) is 2.71. The molecular formula is C26H24FNO4. The van der Waals surface area contributed by atoms with E-state index in [1.54, 1.807) is 41.3 Å². The Morgan fingerprint density at radius 3 is 2.59 bits per heavy atom. The quantitative estimate of drug-likeness (QED) is 0.556. The van der Waals surface area contributed by atoms with Crippen LogP contribution in [0.15, 0.2) is 60.7 Å². The van der Waals surface area contributed by atoms with Crippen LogP contribution in [0.5, 0.6) is 11.5 Å². The Kier molecular flexibility index (Phi) is 5.10. The van der Waals surface area contributed by atoms with E-state index in [1.165, 1.54) is 12.1 Å². The molecule has 2 aliphatic rings. The van der Waals surface area contributed by atoms with Gasteiger partial charge >= 0.3 is 0 Å². The number of nitrogens with zero attached hydrogens (tertiary/aromatic N) is 1. The Labute approximate surface area is 186 Å². The zero-order valence-electron chi connectivity index (χ0n) is 17.8. The van der Waals surface area contributed by atoms with Crippen LogP contribution in [0.4, 0.5) is 10.1 Å². The molecule has 1 amide bonds. The van der Waals surface area contributed by atoms with Gasteiger partial charge in [-0.05, 0) is 36.2 Å². The Morgan fingerprint density at radius 2 is 1.81 bits per heavy atom. The van der Waals surface area contributed by atoms with E-state index in [0.717, 1.165) is 30.4 Å². The maximum absolute atomic E-state index is 13.8. The number of fused-ring (bicyclic) bond motifs is 2. The lowest BCUT2D eigenvalue weighted by molar-refractivity contribution is -0.132. The lowest BCUT2D eigenvalue weighted by Gasteiger charge is -2.24. The van der Waals surface area contributed by atoms with Crippen LogP contribution in [0.1, 0.15) is 37.3 Å². The van der Waals surface area contributed by atoms with E-state index < -0.39 is 11.5 Å². The van der Waals surface area contributed by atoms with Crippen LogP contribution < -0.4 is 14.4 Å². The van der Waals surface area contributed by atoms with Crippen LogP contribution in [0.3, 0.4) is 0 Å². The zero-order valence-corrected chi connectivity index (χ0v) is 17.8. The number of benzene rings is 3. The minimum Gasteiger partial charge on any atom is -0.454 e. The average molecular weight is 433 g/mol. The molecule has 6 heteroatoms. The SMILES string of the molecule is CCCCCN1C(=O)C(O)(c2ccc3c(c2)OCO3)c2cccc(-c3ccc(F)cc3)c21. The van der Waals surface area contributed by atoms with Gasteiger partial charge in [-0.15, -0.1) is 0 Å². The summed E-state index contributed by atoms with van der Waals surface area (Å²) >= 11 is 0. The molecule has 2 heterocycles. The van der Waals surface area contributed by atoms with Crippen molar-refractivity contribution in [2.75, 3.05) is 18.2 Å². The van der Waals surface area contributed by atoms with Crippen LogP contribution >= 0.6 is 0 Å². The molecule has 2 aliphatic heterocycles. The van der Waals surface area contributed by atoms with Gasteiger partial charge in [0.2, 0.25) is 6.79 Å². The molecule has 5 nitrogen and oxygen atoms in total. The largest absolute Gasteiger partial charge is 0.454 e. The summed E-state index contributed by atoms with van der Waals surface area (Å²) in [6, 6.07) is 16.8. The summed E-state index contributed by atoms with van der Waals surface area (Å²) in [6.07, 6.45) is 2.80. The van der Waals surface area contributed by atoms with Crippen LogP contribution in [0.25, 0.3) is 11.1 Å². The number of unbranched alkanes of at least 4 members (excludes halogenated alkanes) is 2. The highest BCUT2D eigenvalue weighted by molar-refractivity contribution is 6.12. The fourth-order valence-corrected chi connectivity index (χ4v) is 4.53. The predicted molar refractivity (Wildman–Crippen MR) is 119 cm³/mol. The van der Waals surface area contributed by atoms with Gasteiger partial charge in [-0.3, -0.25) is 4.79 Å². The van der Waals surface area contributed by atoms with Crippen molar-refractivity contribution in [1.82, 2.24) is 0 Å². The lowest BCUT2D eigenvalue weighted by atomic mass is 9.86. The number of hydrogen-bond donors (Lipinski definition) is 1. The highest BCUT2D eigenvalue weighted by atomic mass is 19.1. The second-order valence-corrected chi connectivity index (χ2v) is 8.15. The van der Waals surface area contributed by atoms with E-state index in [9.17, 15) is 14.3 Å². The molecule has 0 fully saturated rings. The number of rotatable bonds is 6. The van der Waals surface area contributed by atoms with Crippen molar-refractivity contribution in [3.8, 4) is 22.6 Å². The molecule has 5 rings (SSSR count). The first-order valence-electron chi connectivity index (χ1n) is 10.9. The highest BCUT2D eigenvalue weighted by Crippen LogP contribution is 2.50. The lowest BCUT2D eigenvalue weighted by Crippen LogP contribution is -2.41. The van der Waals surface area contributed by atoms with Crippen molar-refractivity contribution in [2.45, 2.75) is 31.8 Å². The van der Waals surface area contributed by atoms with Crippen LogP contribution in [-0.2, 0) is 10.4 Å². The van der Waals surface area contributed by atoms with E-state index in [0.29, 0.717) is 34.9 Å². The van der Waals surface area contributed by atoms with Crippen molar-refractivity contribution in [2.24, 2.45) is 0 Å². The van der Waals surface area contributed by atoms with Crippen molar-refractivity contribution in [3.63, 3.8) is 0 Å². The molecule has 3 aromatic rings. The zero-order chi connectivity index (χ0) is 22.3. The summed E-state index contributed by atoms with van der Waals surface area (Å²) in [5.74, 6) is 0.374. The standard InChI is InChI=1S/C26H24FNO4/c1-2-3-4-14-28-24-20(17-8-11-19(27)12-9-17)6-5-7-21(24)26(30,25(28)29)18-10-13-22-23(15-18)32-16-31-22/h5-13,15,30H,2-4,14,16H2,1H3. The number of halogens is 1. The van der Waals surface area contributed by atoms with E-state index in [-0.39, 0.29) is 12.6 Å². The first kappa shape index (κ1) is 20.5. The molecule has 1 unspecified atom stereocenters. The molecule has 0 spiro atoms. The van der Waals surface area contributed by atoms with E-state index in [2.05, 4.69) is 6.92 Å². The molecule has 0 bridgehead atoms. The number of para-hydroxylation sites is 1. The van der Waals surface area contributed by atoms with Crippen molar-refractivity contribution in [1.29, 1.82) is 0 Å². The predicted octanol–water partition coefficient (Wildman–Crippen LogP) is 4.99. The summed E-state index contributed by atoms with van der Waals surface area (Å²) < 4.78 is 24.4. The minimum atomic E-state index is -1.85. The Hall–Kier alpha value is -3.38. The molecule has 32 heavy (non-hydrogen) atoms. The van der Waals surface area contributed by atoms with Crippen LogP contribution in [0.2, 0.25) is 0 Å². The number of carbonyl (C=O) groups excluding carboxylic acids is 1. The molecule has 3 aromatic carbocycles. The third-order valence-corrected chi connectivity index (χ3v) is 6.18. The monoisotopic (exact) mass is 433 g/mol. The highest BCUT2D eigenvalue weighted by Gasteiger charge is 2.52. The van der Waals surface area contributed by atoms with Crippen LogP contribution in [-0.4, -0.2) is 24.4 Å². The van der Waals surface area contributed by atoms with Gasteiger partial charge in [0.15, 0.2) is 17.1 Å². The summed E-state index contributed by atoms with van der Waals surface area (Å²) in [5, 5.41) is 11.9. The van der Waals surface area contributed by atoms with Crippen molar-refractivity contribution in [3.05, 3.63) is 77.6 Å². The molecule has 0 saturated heterocycles. The maximum Gasteiger partial charge on any atom is 0.268 e. The van der Waals surface area contributed by atoms with Gasteiger partial charge in [0, 0.05) is 23.2 Å². The second kappa shape index (κ2) is 7.95. The smallest absolute Gasteiger partial charge is 0.268 e. The number of amides is 1. The first-order valence-corrected chi connectivity index (χ1v) is 10.9. The average Bonchev–Trinajstić information content (AvgIpc) is 3.37. The van der Waals surface area contributed by atoms with Crippen molar-refractivity contribution >= 4 is 11.6 Å². The molecule has 0 aliphatic carbocycles. The summed E-state index contributed by atoms with van der Waals surface area (Å²) in [5.41, 5.74) is 1.33. The van der Waals surface area contributed by atoms with E-state index in [1.807, 2.05) is 12.1 Å². The fourth-order valence-electron chi connectivity index (χ4n) is 4.53. The third kappa shape index (κ3) is 3.14. The van der Waals surface area contributed by atoms with Gasteiger partial charge in [-0.1, -0.05) is 56.2 Å². The Balaban J connectivity index is 1.68. The molecule has 1 atom stereocenters. The number of ether oxygens (including phenoxy) is 2. The molecule has 0 aromatic heterocycles. The van der Waals surface area contributed by atoms with Gasteiger partial charge in [0.25, 0.3) is 5.91 Å². The molecule has 0 radical (unpaired) electrons. The number of hydrogen-bond acceptors (Lipinski definition) is 4. The van der Waals surface area contributed by atoms with Gasteiger partial charge < -0.3 is 19.5 Å². The normalized spacial score (nSPS) is 18.8. The van der Waals surface area contributed by atoms with E-state index >= 15 is 0 Å². The second-order valence-electron chi connectivity index (χ2n) is 8.15. The maximum atomic E-state index is 13.8. The van der Waals surface area contributed by atoms with Gasteiger partial charge in [0.1, 0.15) is 5.82 Å². The van der Waals surface area contributed by atoms with E-state index in [4.69, 9.17) is 9.47 Å². The third-order valence-electron chi connectivity index (χ3n) is 6.18. The fraction of sp³-hybridized carbons (Fsp3) is 0.269. The Morgan fingerprint density at radius 1 is 1.03 bits per heavy atom. The summed E-state index contributed by atoms with van der Waals surface area (Å²) in [4.78, 5) is 15.4.